The van der Waals surface area contributed by atoms with Crippen molar-refractivity contribution >= 4 is 34.3 Å². The summed E-state index contributed by atoms with van der Waals surface area (Å²) in [6, 6.07) is 0. The second kappa shape index (κ2) is 8.47. The quantitative estimate of drug-likeness (QED) is 0.670. The lowest BCUT2D eigenvalue weighted by molar-refractivity contribution is -0.138. The van der Waals surface area contributed by atoms with E-state index in [9.17, 15) is 14.4 Å². The molecule has 1 rings (SSSR count). The molecular weight excluding hydrogens is 306 g/mol. The topological polar surface area (TPSA) is 108 Å². The highest BCUT2D eigenvalue weighted by Crippen LogP contribution is 2.16. The third kappa shape index (κ3) is 6.66. The molecule has 0 aromatic carbocycles. The standard InChI is InChI=1S/C14H21N3O4S/c1-8(2)13(21)17-14-16-10(7-22-14)5-11(18)15-6-9(3)4-12(19)20/h7-9H,4-6H2,1-3H3,(H,15,18)(H,19,20)(H,16,17,21). The Bertz CT molecular complexity index is 542. The van der Waals surface area contributed by atoms with Crippen LogP contribution in [0.3, 0.4) is 0 Å². The molecule has 1 aromatic rings. The highest BCUT2D eigenvalue weighted by atomic mass is 32.1. The van der Waals surface area contributed by atoms with Gasteiger partial charge in [-0.1, -0.05) is 20.8 Å². The molecule has 0 aliphatic carbocycles. The third-order valence-corrected chi connectivity index (χ3v) is 3.63. The van der Waals surface area contributed by atoms with Crippen molar-refractivity contribution < 1.29 is 19.5 Å². The normalized spacial score (nSPS) is 12.0. The molecule has 0 aliphatic heterocycles. The number of nitrogens with one attached hydrogen (secondary N) is 2. The predicted octanol–water partition coefficient (Wildman–Crippen LogP) is 1.51. The van der Waals surface area contributed by atoms with Crippen LogP contribution in [0.2, 0.25) is 0 Å². The van der Waals surface area contributed by atoms with Crippen molar-refractivity contribution in [3.63, 3.8) is 0 Å². The number of carbonyl (C=O) groups excluding carboxylic acids is 2. The van der Waals surface area contributed by atoms with Gasteiger partial charge in [0.15, 0.2) is 5.13 Å². The minimum absolute atomic E-state index is 0.0162. The van der Waals surface area contributed by atoms with Gasteiger partial charge in [-0.25, -0.2) is 4.98 Å². The lowest BCUT2D eigenvalue weighted by atomic mass is 10.1. The van der Waals surface area contributed by atoms with Gasteiger partial charge in [0, 0.05) is 24.3 Å². The second-order valence-electron chi connectivity index (χ2n) is 5.47. The molecule has 0 spiro atoms. The summed E-state index contributed by atoms with van der Waals surface area (Å²) in [4.78, 5) is 38.0. The van der Waals surface area contributed by atoms with Crippen LogP contribution in [0.4, 0.5) is 5.13 Å². The fraction of sp³-hybridized carbons (Fsp3) is 0.571. The van der Waals surface area contributed by atoms with Gasteiger partial charge >= 0.3 is 5.97 Å². The molecule has 0 radical (unpaired) electrons. The van der Waals surface area contributed by atoms with Crippen LogP contribution in [-0.2, 0) is 20.8 Å². The summed E-state index contributed by atoms with van der Waals surface area (Å²) in [5.74, 6) is -1.48. The van der Waals surface area contributed by atoms with Gasteiger partial charge in [-0.05, 0) is 5.92 Å². The predicted molar refractivity (Wildman–Crippen MR) is 83.7 cm³/mol. The first-order valence-electron chi connectivity index (χ1n) is 7.01. The number of carbonyl (C=O) groups is 3. The minimum Gasteiger partial charge on any atom is -0.481 e. The number of hydrogen-bond donors (Lipinski definition) is 3. The summed E-state index contributed by atoms with van der Waals surface area (Å²) >= 11 is 1.27. The lowest BCUT2D eigenvalue weighted by Gasteiger charge is -2.09. The minimum atomic E-state index is -0.883. The molecule has 3 N–H and O–H groups in total. The number of hydrogen-bond acceptors (Lipinski definition) is 5. The van der Waals surface area contributed by atoms with Gasteiger partial charge in [0.1, 0.15) is 0 Å². The summed E-state index contributed by atoms with van der Waals surface area (Å²) in [6.45, 7) is 5.65. The monoisotopic (exact) mass is 327 g/mol. The Balaban J connectivity index is 2.40. The fourth-order valence-electron chi connectivity index (χ4n) is 1.58. The van der Waals surface area contributed by atoms with E-state index in [4.69, 9.17) is 5.11 Å². The van der Waals surface area contributed by atoms with Gasteiger partial charge in [0.2, 0.25) is 11.8 Å². The Morgan fingerprint density at radius 2 is 2.00 bits per heavy atom. The van der Waals surface area contributed by atoms with Gasteiger partial charge in [-0.15, -0.1) is 11.3 Å². The van der Waals surface area contributed by atoms with Crippen molar-refractivity contribution in [3.8, 4) is 0 Å². The zero-order valence-corrected chi connectivity index (χ0v) is 13.7. The van der Waals surface area contributed by atoms with Crippen molar-refractivity contribution in [1.29, 1.82) is 0 Å². The summed E-state index contributed by atoms with van der Waals surface area (Å²) in [7, 11) is 0. The molecule has 7 nitrogen and oxygen atoms in total. The first-order valence-corrected chi connectivity index (χ1v) is 7.89. The van der Waals surface area contributed by atoms with Gasteiger partial charge in [-0.2, -0.15) is 0 Å². The summed E-state index contributed by atoms with van der Waals surface area (Å²) < 4.78 is 0. The molecule has 1 heterocycles. The van der Waals surface area contributed by atoms with Crippen LogP contribution >= 0.6 is 11.3 Å². The molecule has 1 unspecified atom stereocenters. The smallest absolute Gasteiger partial charge is 0.303 e. The maximum Gasteiger partial charge on any atom is 0.303 e. The highest BCUT2D eigenvalue weighted by molar-refractivity contribution is 7.13. The average Bonchev–Trinajstić information content (AvgIpc) is 2.82. The van der Waals surface area contributed by atoms with Crippen molar-refractivity contribution in [3.05, 3.63) is 11.1 Å². The molecule has 2 amide bonds. The van der Waals surface area contributed by atoms with E-state index in [1.807, 2.05) is 0 Å². The molecule has 0 saturated heterocycles. The molecule has 8 heteroatoms. The van der Waals surface area contributed by atoms with Crippen LogP contribution in [-0.4, -0.2) is 34.4 Å². The van der Waals surface area contributed by atoms with E-state index in [1.165, 1.54) is 11.3 Å². The average molecular weight is 327 g/mol. The second-order valence-corrected chi connectivity index (χ2v) is 6.33. The number of amides is 2. The van der Waals surface area contributed by atoms with E-state index < -0.39 is 5.97 Å². The van der Waals surface area contributed by atoms with E-state index >= 15 is 0 Å². The number of aliphatic carboxylic acids is 1. The number of nitrogens with zero attached hydrogens (tertiary/aromatic N) is 1. The molecule has 1 aromatic heterocycles. The van der Waals surface area contributed by atoms with Crippen LogP contribution in [0.25, 0.3) is 0 Å². The van der Waals surface area contributed by atoms with E-state index in [1.54, 1.807) is 26.2 Å². The van der Waals surface area contributed by atoms with E-state index in [2.05, 4.69) is 15.6 Å². The molecule has 1 atom stereocenters. The Labute approximate surface area is 133 Å². The van der Waals surface area contributed by atoms with Crippen LogP contribution < -0.4 is 10.6 Å². The molecule has 0 aliphatic rings. The van der Waals surface area contributed by atoms with Gasteiger partial charge in [-0.3, -0.25) is 14.4 Å². The molecule has 0 fully saturated rings. The SMILES string of the molecule is CC(CNC(=O)Cc1csc(NC(=O)C(C)C)n1)CC(=O)O. The van der Waals surface area contributed by atoms with E-state index in [0.29, 0.717) is 17.4 Å². The van der Waals surface area contributed by atoms with Crippen molar-refractivity contribution in [2.45, 2.75) is 33.6 Å². The highest BCUT2D eigenvalue weighted by Gasteiger charge is 2.13. The summed E-state index contributed by atoms with van der Waals surface area (Å²) in [5, 5.41) is 16.2. The van der Waals surface area contributed by atoms with Gasteiger partial charge < -0.3 is 15.7 Å². The van der Waals surface area contributed by atoms with Crippen LogP contribution in [0, 0.1) is 11.8 Å². The first kappa shape index (κ1) is 18.1. The van der Waals surface area contributed by atoms with Crippen molar-refractivity contribution in [2.75, 3.05) is 11.9 Å². The number of aromatic nitrogens is 1. The Morgan fingerprint density at radius 3 is 2.59 bits per heavy atom. The maximum atomic E-state index is 11.8. The van der Waals surface area contributed by atoms with Gasteiger partial charge in [0.05, 0.1) is 12.1 Å². The van der Waals surface area contributed by atoms with Crippen molar-refractivity contribution in [1.82, 2.24) is 10.3 Å². The van der Waals surface area contributed by atoms with E-state index in [0.717, 1.165) is 0 Å². The number of carboxylic acids is 1. The Hall–Kier alpha value is -1.96. The molecule has 0 saturated carbocycles. The van der Waals surface area contributed by atoms with Crippen LogP contribution in [0.1, 0.15) is 32.9 Å². The zero-order valence-electron chi connectivity index (χ0n) is 12.9. The van der Waals surface area contributed by atoms with Crippen LogP contribution in [0.15, 0.2) is 5.38 Å². The Morgan fingerprint density at radius 1 is 1.32 bits per heavy atom. The van der Waals surface area contributed by atoms with Crippen LogP contribution in [0.5, 0.6) is 0 Å². The number of rotatable bonds is 8. The molecule has 22 heavy (non-hydrogen) atoms. The van der Waals surface area contributed by atoms with Gasteiger partial charge in [0.25, 0.3) is 0 Å². The molecule has 0 bridgehead atoms. The number of thiazole rings is 1. The molecular formula is C14H21N3O4S. The molecule has 122 valence electrons. The number of carboxylic acid groups (broad SMARTS) is 1. The first-order chi connectivity index (χ1) is 10.3. The fourth-order valence-corrected chi connectivity index (χ4v) is 2.29. The maximum absolute atomic E-state index is 11.8. The van der Waals surface area contributed by atoms with E-state index in [-0.39, 0.29) is 36.5 Å². The van der Waals surface area contributed by atoms with Crippen molar-refractivity contribution in [2.24, 2.45) is 11.8 Å². The largest absolute Gasteiger partial charge is 0.481 e. The number of anilines is 1. The zero-order chi connectivity index (χ0) is 16.7. The summed E-state index contributed by atoms with van der Waals surface area (Å²) in [5.41, 5.74) is 0.576. The summed E-state index contributed by atoms with van der Waals surface area (Å²) in [6.07, 6.45) is 0.121. The lowest BCUT2D eigenvalue weighted by Crippen LogP contribution is -2.30. The Kier molecular flexibility index (Phi) is 6.97. The third-order valence-electron chi connectivity index (χ3n) is 2.82.